The van der Waals surface area contributed by atoms with Crippen molar-refractivity contribution in [1.82, 2.24) is 0 Å². The molecular formula is C22H25FN2O2. The molecule has 1 heterocycles. The molecule has 1 fully saturated rings. The number of anilines is 2. The fraction of sp³-hybridized carbons (Fsp3) is 0.409. The van der Waals surface area contributed by atoms with Crippen molar-refractivity contribution in [3.05, 3.63) is 58.9 Å². The number of nitrogens with one attached hydrogen (secondary N) is 2. The second-order valence-corrected chi connectivity index (χ2v) is 8.57. The van der Waals surface area contributed by atoms with Gasteiger partial charge in [0.25, 0.3) is 0 Å². The predicted molar refractivity (Wildman–Crippen MR) is 105 cm³/mol. The molecule has 0 radical (unpaired) electrons. The molecule has 27 heavy (non-hydrogen) atoms. The maximum Gasteiger partial charge on any atom is 0.329 e. The van der Waals surface area contributed by atoms with Crippen LogP contribution in [-0.4, -0.2) is 16.6 Å². The normalized spacial score (nSPS) is 21.7. The van der Waals surface area contributed by atoms with E-state index in [0.717, 1.165) is 34.5 Å². The summed E-state index contributed by atoms with van der Waals surface area (Å²) in [5, 5.41) is 16.2. The highest BCUT2D eigenvalue weighted by molar-refractivity contribution is 5.86. The molecule has 1 atom stereocenters. The van der Waals surface area contributed by atoms with E-state index in [1.54, 1.807) is 12.1 Å². The first-order chi connectivity index (χ1) is 12.7. The summed E-state index contributed by atoms with van der Waals surface area (Å²) in [7, 11) is 0. The number of rotatable bonds is 4. The van der Waals surface area contributed by atoms with Crippen LogP contribution in [0.4, 0.5) is 15.8 Å². The van der Waals surface area contributed by atoms with Crippen LogP contribution in [0.5, 0.6) is 0 Å². The summed E-state index contributed by atoms with van der Waals surface area (Å²) in [6.45, 7) is 6.21. The fourth-order valence-electron chi connectivity index (χ4n) is 4.14. The van der Waals surface area contributed by atoms with Crippen molar-refractivity contribution in [2.75, 3.05) is 10.6 Å². The number of halogens is 1. The molecule has 1 aliphatic carbocycles. The molecule has 1 saturated carbocycles. The lowest BCUT2D eigenvalue weighted by molar-refractivity contribution is -0.138. The van der Waals surface area contributed by atoms with Gasteiger partial charge in [-0.05, 0) is 72.6 Å². The quantitative estimate of drug-likeness (QED) is 0.711. The standard InChI is InChI=1S/C22H25FN2O2/c1-13-9-15(23)11-17-19(13)24-18(12-21(17,2)3)14-5-4-6-16(10-14)25-22(7-8-22)20(26)27/h4-6,9-11,18,24-25H,7-8,12H2,1-3H3,(H,26,27). The Morgan fingerprint density at radius 3 is 2.67 bits per heavy atom. The zero-order valence-corrected chi connectivity index (χ0v) is 15.9. The lowest BCUT2D eigenvalue weighted by atomic mass is 9.73. The van der Waals surface area contributed by atoms with E-state index in [2.05, 4.69) is 30.5 Å². The van der Waals surface area contributed by atoms with Crippen LogP contribution < -0.4 is 10.6 Å². The van der Waals surface area contributed by atoms with Gasteiger partial charge in [-0.25, -0.2) is 9.18 Å². The molecule has 0 spiro atoms. The molecule has 0 saturated heterocycles. The van der Waals surface area contributed by atoms with E-state index in [1.165, 1.54) is 0 Å². The van der Waals surface area contributed by atoms with Gasteiger partial charge in [-0.3, -0.25) is 0 Å². The van der Waals surface area contributed by atoms with Crippen LogP contribution >= 0.6 is 0 Å². The average molecular weight is 368 g/mol. The third kappa shape index (κ3) is 3.15. The van der Waals surface area contributed by atoms with Crippen LogP contribution in [0.15, 0.2) is 36.4 Å². The van der Waals surface area contributed by atoms with Crippen LogP contribution in [-0.2, 0) is 10.2 Å². The summed E-state index contributed by atoms with van der Waals surface area (Å²) in [6, 6.07) is 11.2. The van der Waals surface area contributed by atoms with Crippen molar-refractivity contribution in [3.63, 3.8) is 0 Å². The molecule has 1 aliphatic heterocycles. The molecule has 0 aromatic heterocycles. The Morgan fingerprint density at radius 2 is 2.00 bits per heavy atom. The summed E-state index contributed by atoms with van der Waals surface area (Å²) in [4.78, 5) is 11.5. The fourth-order valence-corrected chi connectivity index (χ4v) is 4.14. The topological polar surface area (TPSA) is 61.4 Å². The molecule has 0 amide bonds. The monoisotopic (exact) mass is 368 g/mol. The second kappa shape index (κ2) is 5.98. The highest BCUT2D eigenvalue weighted by Crippen LogP contribution is 2.46. The van der Waals surface area contributed by atoms with E-state index < -0.39 is 11.5 Å². The van der Waals surface area contributed by atoms with E-state index in [9.17, 15) is 14.3 Å². The summed E-state index contributed by atoms with van der Waals surface area (Å²) in [5.41, 5.74) is 3.87. The minimum Gasteiger partial charge on any atom is -0.480 e. The number of carboxylic acid groups (broad SMARTS) is 1. The Morgan fingerprint density at radius 1 is 1.26 bits per heavy atom. The first-order valence-corrected chi connectivity index (χ1v) is 9.39. The molecular weight excluding hydrogens is 343 g/mol. The number of hydrogen-bond acceptors (Lipinski definition) is 3. The minimum absolute atomic E-state index is 0.0818. The van der Waals surface area contributed by atoms with Gasteiger partial charge in [0.15, 0.2) is 0 Å². The lowest BCUT2D eigenvalue weighted by Crippen LogP contribution is -2.32. The number of fused-ring (bicyclic) bond motifs is 1. The highest BCUT2D eigenvalue weighted by atomic mass is 19.1. The van der Waals surface area contributed by atoms with Gasteiger partial charge in [-0.15, -0.1) is 0 Å². The van der Waals surface area contributed by atoms with Crippen LogP contribution in [0.3, 0.4) is 0 Å². The summed E-state index contributed by atoms with van der Waals surface area (Å²) in [5.74, 6) is -0.995. The first-order valence-electron chi connectivity index (χ1n) is 9.39. The van der Waals surface area contributed by atoms with Gasteiger partial charge >= 0.3 is 5.97 Å². The molecule has 1 unspecified atom stereocenters. The molecule has 2 aromatic carbocycles. The number of carboxylic acids is 1. The predicted octanol–water partition coefficient (Wildman–Crippen LogP) is 5.00. The van der Waals surface area contributed by atoms with E-state index in [1.807, 2.05) is 25.1 Å². The van der Waals surface area contributed by atoms with Crippen molar-refractivity contribution < 1.29 is 14.3 Å². The highest BCUT2D eigenvalue weighted by Gasteiger charge is 2.50. The smallest absolute Gasteiger partial charge is 0.329 e. The Bertz CT molecular complexity index is 919. The summed E-state index contributed by atoms with van der Waals surface area (Å²) < 4.78 is 13.9. The zero-order valence-electron chi connectivity index (χ0n) is 15.9. The van der Waals surface area contributed by atoms with Gasteiger partial charge in [-0.2, -0.15) is 0 Å². The third-order valence-electron chi connectivity index (χ3n) is 5.89. The number of aryl methyl sites for hydroxylation is 1. The number of benzene rings is 2. The molecule has 2 aromatic rings. The van der Waals surface area contributed by atoms with Crippen molar-refractivity contribution in [2.45, 2.75) is 57.0 Å². The molecule has 0 bridgehead atoms. The van der Waals surface area contributed by atoms with Crippen LogP contribution in [0.25, 0.3) is 0 Å². The Balaban J connectivity index is 1.65. The molecule has 2 aliphatic rings. The van der Waals surface area contributed by atoms with E-state index in [0.29, 0.717) is 12.8 Å². The van der Waals surface area contributed by atoms with E-state index in [-0.39, 0.29) is 17.3 Å². The van der Waals surface area contributed by atoms with Gasteiger partial charge in [-0.1, -0.05) is 26.0 Å². The van der Waals surface area contributed by atoms with Gasteiger partial charge < -0.3 is 15.7 Å². The van der Waals surface area contributed by atoms with E-state index in [4.69, 9.17) is 0 Å². The van der Waals surface area contributed by atoms with Crippen molar-refractivity contribution in [3.8, 4) is 0 Å². The van der Waals surface area contributed by atoms with Crippen LogP contribution in [0.2, 0.25) is 0 Å². The molecule has 142 valence electrons. The van der Waals surface area contributed by atoms with Crippen molar-refractivity contribution >= 4 is 17.3 Å². The van der Waals surface area contributed by atoms with Crippen LogP contribution in [0.1, 0.15) is 55.8 Å². The van der Waals surface area contributed by atoms with Crippen LogP contribution in [0, 0.1) is 12.7 Å². The maximum absolute atomic E-state index is 13.9. The van der Waals surface area contributed by atoms with Gasteiger partial charge in [0.2, 0.25) is 0 Å². The summed E-state index contributed by atoms with van der Waals surface area (Å²) in [6.07, 6.45) is 2.13. The second-order valence-electron chi connectivity index (χ2n) is 8.57. The van der Waals surface area contributed by atoms with Gasteiger partial charge in [0, 0.05) is 11.4 Å². The average Bonchev–Trinajstić information content (AvgIpc) is 3.36. The Hall–Kier alpha value is -2.56. The molecule has 5 heteroatoms. The largest absolute Gasteiger partial charge is 0.480 e. The zero-order chi connectivity index (χ0) is 19.4. The Kier molecular flexibility index (Phi) is 3.95. The number of carbonyl (C=O) groups is 1. The van der Waals surface area contributed by atoms with Gasteiger partial charge in [0.05, 0.1) is 6.04 Å². The van der Waals surface area contributed by atoms with Crippen molar-refractivity contribution in [2.24, 2.45) is 0 Å². The Labute approximate surface area is 158 Å². The number of hydrogen-bond donors (Lipinski definition) is 3. The first kappa shape index (κ1) is 17.8. The number of aliphatic carboxylic acids is 1. The third-order valence-corrected chi connectivity index (χ3v) is 5.89. The summed E-state index contributed by atoms with van der Waals surface area (Å²) >= 11 is 0. The van der Waals surface area contributed by atoms with E-state index >= 15 is 0 Å². The molecule has 4 rings (SSSR count). The van der Waals surface area contributed by atoms with Crippen molar-refractivity contribution in [1.29, 1.82) is 0 Å². The molecule has 3 N–H and O–H groups in total. The lowest BCUT2D eigenvalue weighted by Gasteiger charge is -2.40. The minimum atomic E-state index is -0.807. The SMILES string of the molecule is Cc1cc(F)cc2c1NC(c1cccc(NC3(C(=O)O)CC3)c1)CC2(C)C. The van der Waals surface area contributed by atoms with Gasteiger partial charge in [0.1, 0.15) is 11.4 Å². The maximum atomic E-state index is 13.9. The molecule has 4 nitrogen and oxygen atoms in total.